The molecule has 1 unspecified atom stereocenters. The summed E-state index contributed by atoms with van der Waals surface area (Å²) in [6.07, 6.45) is 1.94. The van der Waals surface area contributed by atoms with Crippen LogP contribution in [0.3, 0.4) is 0 Å². The summed E-state index contributed by atoms with van der Waals surface area (Å²) in [6, 6.07) is 11.3. The topological polar surface area (TPSA) is 90.9 Å². The van der Waals surface area contributed by atoms with E-state index in [9.17, 15) is 9.59 Å². The van der Waals surface area contributed by atoms with E-state index in [1.165, 1.54) is 4.90 Å². The number of anilines is 1. The fourth-order valence-corrected chi connectivity index (χ4v) is 4.53. The van der Waals surface area contributed by atoms with Gasteiger partial charge in [0.1, 0.15) is 23.9 Å². The van der Waals surface area contributed by atoms with Crippen molar-refractivity contribution in [1.29, 1.82) is 0 Å². The van der Waals surface area contributed by atoms with Gasteiger partial charge in [0.2, 0.25) is 0 Å². The van der Waals surface area contributed by atoms with Crippen molar-refractivity contribution in [2.45, 2.75) is 33.3 Å². The molecule has 0 fully saturated rings. The van der Waals surface area contributed by atoms with Crippen LogP contribution in [-0.2, 0) is 19.1 Å². The molecule has 0 bridgehead atoms. The second-order valence-electron chi connectivity index (χ2n) is 7.84. The summed E-state index contributed by atoms with van der Waals surface area (Å²) in [5.41, 5.74) is 2.95. The molecule has 0 saturated carbocycles. The summed E-state index contributed by atoms with van der Waals surface area (Å²) in [5, 5.41) is 0.817. The van der Waals surface area contributed by atoms with E-state index in [1.54, 1.807) is 24.5 Å². The Kier molecular flexibility index (Phi) is 7.54. The Hall–Kier alpha value is -3.30. The lowest BCUT2D eigenvalue weighted by atomic mass is 10.1. The third-order valence-electron chi connectivity index (χ3n) is 5.25. The van der Waals surface area contributed by atoms with Crippen molar-refractivity contribution in [3.63, 3.8) is 0 Å². The predicted octanol–water partition coefficient (Wildman–Crippen LogP) is 4.26. The number of nitrogens with zero attached hydrogens (tertiary/aromatic N) is 3. The quantitative estimate of drug-likeness (QED) is 0.333. The third kappa shape index (κ3) is 5.26. The number of pyridine rings is 1. The van der Waals surface area contributed by atoms with Crippen molar-refractivity contribution >= 4 is 28.9 Å². The molecule has 34 heavy (non-hydrogen) atoms. The second kappa shape index (κ2) is 10.8. The van der Waals surface area contributed by atoms with E-state index in [-0.39, 0.29) is 19.1 Å². The molecular weight excluding hydrogens is 454 g/mol. The minimum atomic E-state index is -0.698. The van der Waals surface area contributed by atoms with Crippen LogP contribution in [0.25, 0.3) is 22.0 Å². The molecule has 8 nitrogen and oxygen atoms in total. The smallest absolute Gasteiger partial charge is 0.326 e. The number of hydrogen-bond donors (Lipinski definition) is 0. The highest BCUT2D eigenvalue weighted by atomic mass is 32.1. The normalized spacial score (nSPS) is 15.1. The molecule has 0 spiro atoms. The molecule has 0 radical (unpaired) electrons. The Morgan fingerprint density at radius 1 is 1.21 bits per heavy atom. The lowest BCUT2D eigenvalue weighted by Crippen LogP contribution is -2.47. The number of benzene rings is 1. The first-order chi connectivity index (χ1) is 16.5. The predicted molar refractivity (Wildman–Crippen MR) is 130 cm³/mol. The lowest BCUT2D eigenvalue weighted by Gasteiger charge is -2.32. The largest absolute Gasteiger partial charge is 0.479 e. The zero-order valence-corrected chi connectivity index (χ0v) is 20.3. The number of aryl methyl sites for hydroxylation is 1. The van der Waals surface area contributed by atoms with E-state index in [4.69, 9.17) is 19.2 Å². The molecule has 1 aromatic carbocycles. The molecule has 4 rings (SSSR count). The Labute approximate surface area is 202 Å². The maximum absolute atomic E-state index is 12.9. The van der Waals surface area contributed by atoms with Gasteiger partial charge in [0.05, 0.1) is 23.7 Å². The van der Waals surface area contributed by atoms with Crippen LogP contribution in [0.4, 0.5) is 5.69 Å². The second-order valence-corrected chi connectivity index (χ2v) is 9.04. The van der Waals surface area contributed by atoms with Gasteiger partial charge in [-0.1, -0.05) is 13.0 Å². The highest BCUT2D eigenvalue weighted by molar-refractivity contribution is 7.15. The number of carbonyl (C=O) groups excluding carboxylic acids is 2. The van der Waals surface area contributed by atoms with Gasteiger partial charge in [-0.3, -0.25) is 19.5 Å². The molecule has 3 aromatic rings. The van der Waals surface area contributed by atoms with Crippen LogP contribution in [0.1, 0.15) is 25.1 Å². The summed E-state index contributed by atoms with van der Waals surface area (Å²) in [6.45, 7) is 6.56. The van der Waals surface area contributed by atoms with Crippen molar-refractivity contribution < 1.29 is 23.8 Å². The number of carbonyl (C=O) groups is 2. The van der Waals surface area contributed by atoms with Gasteiger partial charge in [-0.15, -0.1) is 11.3 Å². The van der Waals surface area contributed by atoms with Crippen molar-refractivity contribution in [2.75, 3.05) is 31.3 Å². The Morgan fingerprint density at radius 3 is 2.82 bits per heavy atom. The monoisotopic (exact) mass is 481 g/mol. The molecule has 178 valence electrons. The van der Waals surface area contributed by atoms with Crippen LogP contribution in [0, 0.1) is 6.92 Å². The van der Waals surface area contributed by atoms with Gasteiger partial charge < -0.3 is 14.2 Å². The number of amides is 1. The Bertz CT molecular complexity index is 1160. The van der Waals surface area contributed by atoms with Crippen molar-refractivity contribution in [3.05, 3.63) is 47.5 Å². The first-order valence-electron chi connectivity index (χ1n) is 11.2. The maximum Gasteiger partial charge on any atom is 0.326 e. The summed E-state index contributed by atoms with van der Waals surface area (Å²) in [7, 11) is 0. The number of esters is 1. The Morgan fingerprint density at radius 2 is 2.06 bits per heavy atom. The first-order valence-corrected chi connectivity index (χ1v) is 12.0. The van der Waals surface area contributed by atoms with Gasteiger partial charge in [-0.2, -0.15) is 0 Å². The van der Waals surface area contributed by atoms with E-state index in [0.717, 1.165) is 33.3 Å². The van der Waals surface area contributed by atoms with Gasteiger partial charge in [0, 0.05) is 23.2 Å². The molecule has 2 aromatic heterocycles. The molecule has 1 aliphatic rings. The van der Waals surface area contributed by atoms with Crippen LogP contribution in [0.15, 0.2) is 42.6 Å². The van der Waals surface area contributed by atoms with Gasteiger partial charge in [-0.05, 0) is 50.6 Å². The van der Waals surface area contributed by atoms with Crippen molar-refractivity contribution in [1.82, 2.24) is 9.97 Å². The van der Waals surface area contributed by atoms with Crippen molar-refractivity contribution in [2.24, 2.45) is 0 Å². The molecule has 1 atom stereocenters. The number of hydrogen-bond acceptors (Lipinski definition) is 8. The number of rotatable bonds is 9. The molecule has 1 aliphatic heterocycles. The van der Waals surface area contributed by atoms with E-state index in [0.29, 0.717) is 24.7 Å². The van der Waals surface area contributed by atoms with Gasteiger partial charge in [-0.25, -0.2) is 4.98 Å². The fourth-order valence-electron chi connectivity index (χ4n) is 3.62. The van der Waals surface area contributed by atoms with Crippen LogP contribution in [0.5, 0.6) is 5.75 Å². The fraction of sp³-hybridized carbons (Fsp3) is 0.360. The number of aromatic nitrogens is 2. The SMILES string of the molecule is CCCOCCOC(=O)CN1C(=O)C(C)Oc2ccc(-c3nc(-c4ccccn4)sc3C)cc21. The molecule has 3 heterocycles. The number of fused-ring (bicyclic) bond motifs is 1. The standard InChI is InChI=1S/C25H27N3O5S/c1-4-11-31-12-13-32-22(29)15-28-20-14-18(8-9-21(20)33-16(2)25(28)30)23-17(3)34-24(27-23)19-7-5-6-10-26-19/h5-10,14,16H,4,11-13,15H2,1-3H3. The van der Waals surface area contributed by atoms with Crippen LogP contribution in [0.2, 0.25) is 0 Å². The van der Waals surface area contributed by atoms with Crippen molar-refractivity contribution in [3.8, 4) is 27.7 Å². The van der Waals surface area contributed by atoms with E-state index < -0.39 is 12.1 Å². The van der Waals surface area contributed by atoms with E-state index >= 15 is 0 Å². The zero-order valence-electron chi connectivity index (χ0n) is 19.4. The molecule has 1 amide bonds. The molecule has 0 aliphatic carbocycles. The number of ether oxygens (including phenoxy) is 3. The minimum Gasteiger partial charge on any atom is -0.479 e. The highest BCUT2D eigenvalue weighted by Gasteiger charge is 2.33. The summed E-state index contributed by atoms with van der Waals surface area (Å²) < 4.78 is 16.4. The molecular formula is C25H27N3O5S. The highest BCUT2D eigenvalue weighted by Crippen LogP contribution is 2.39. The van der Waals surface area contributed by atoms with E-state index in [2.05, 4.69) is 4.98 Å². The van der Waals surface area contributed by atoms with Gasteiger partial charge in [0.15, 0.2) is 6.10 Å². The molecule has 9 heteroatoms. The zero-order chi connectivity index (χ0) is 24.1. The van der Waals surface area contributed by atoms with Gasteiger partial charge >= 0.3 is 5.97 Å². The van der Waals surface area contributed by atoms with Crippen LogP contribution in [-0.4, -0.2) is 54.3 Å². The lowest BCUT2D eigenvalue weighted by molar-refractivity contribution is -0.144. The maximum atomic E-state index is 12.9. The average molecular weight is 482 g/mol. The number of thiazole rings is 1. The van der Waals surface area contributed by atoms with E-state index in [1.807, 2.05) is 50.2 Å². The average Bonchev–Trinajstić information content (AvgIpc) is 3.24. The molecule has 0 N–H and O–H groups in total. The summed E-state index contributed by atoms with van der Waals surface area (Å²) in [4.78, 5) is 37.0. The Balaban J connectivity index is 1.57. The van der Waals surface area contributed by atoms with Crippen LogP contribution < -0.4 is 9.64 Å². The van der Waals surface area contributed by atoms with Gasteiger partial charge in [0.25, 0.3) is 5.91 Å². The third-order valence-corrected chi connectivity index (χ3v) is 6.24. The minimum absolute atomic E-state index is 0.147. The molecule has 0 saturated heterocycles. The summed E-state index contributed by atoms with van der Waals surface area (Å²) >= 11 is 1.56. The first kappa shape index (κ1) is 23.8. The summed E-state index contributed by atoms with van der Waals surface area (Å²) in [5.74, 6) is -0.262. The van der Waals surface area contributed by atoms with Crippen LogP contribution >= 0.6 is 11.3 Å².